The van der Waals surface area contributed by atoms with E-state index in [0.717, 1.165) is 31.0 Å². The van der Waals surface area contributed by atoms with E-state index in [0.29, 0.717) is 18.9 Å². The van der Waals surface area contributed by atoms with E-state index in [4.69, 9.17) is 0 Å². The zero-order valence-electron chi connectivity index (χ0n) is 13.5. The summed E-state index contributed by atoms with van der Waals surface area (Å²) in [5, 5.41) is 6.37. The van der Waals surface area contributed by atoms with Crippen molar-refractivity contribution in [2.45, 2.75) is 13.5 Å². The number of H-pyrrole nitrogens is 1. The van der Waals surface area contributed by atoms with Crippen molar-refractivity contribution in [2.24, 2.45) is 0 Å². The van der Waals surface area contributed by atoms with Crippen molar-refractivity contribution in [3.05, 3.63) is 47.9 Å². The first-order chi connectivity index (χ1) is 11.7. The average molecular weight is 325 g/mol. The summed E-state index contributed by atoms with van der Waals surface area (Å²) in [6.07, 6.45) is 3.41. The number of carbonyl (C=O) groups is 1. The molecule has 0 saturated carbocycles. The van der Waals surface area contributed by atoms with Crippen LogP contribution in [-0.4, -0.2) is 66.5 Å². The van der Waals surface area contributed by atoms with Crippen LogP contribution in [0.15, 0.2) is 30.7 Å². The maximum absolute atomic E-state index is 12.3. The highest BCUT2D eigenvalue weighted by atomic mass is 16.2. The van der Waals surface area contributed by atoms with Crippen LogP contribution < -0.4 is 0 Å². The summed E-state index contributed by atoms with van der Waals surface area (Å²) in [7, 11) is 0. The summed E-state index contributed by atoms with van der Waals surface area (Å²) >= 11 is 0. The fourth-order valence-electron chi connectivity index (χ4n) is 3.13. The van der Waals surface area contributed by atoms with Gasteiger partial charge in [0.05, 0.1) is 11.4 Å². The molecule has 24 heavy (non-hydrogen) atoms. The second-order valence-corrected chi connectivity index (χ2v) is 5.98. The van der Waals surface area contributed by atoms with Crippen LogP contribution in [-0.2, 0) is 6.54 Å². The molecule has 4 rings (SSSR count). The van der Waals surface area contributed by atoms with E-state index in [2.05, 4.69) is 29.5 Å². The molecule has 8 heteroatoms. The Hall–Kier alpha value is -2.74. The van der Waals surface area contributed by atoms with Crippen LogP contribution in [0.4, 0.5) is 0 Å². The van der Waals surface area contributed by atoms with Crippen molar-refractivity contribution in [3.8, 4) is 0 Å². The zero-order valence-corrected chi connectivity index (χ0v) is 13.5. The molecule has 0 radical (unpaired) electrons. The SMILES string of the molecule is Cc1nc2ccccn2c1CN1CCN(C(=O)c2ncn[nH]2)CC1. The maximum atomic E-state index is 12.3. The summed E-state index contributed by atoms with van der Waals surface area (Å²) in [6, 6.07) is 6.04. The molecule has 1 N–H and O–H groups in total. The van der Waals surface area contributed by atoms with Crippen LogP contribution >= 0.6 is 0 Å². The second-order valence-electron chi connectivity index (χ2n) is 5.98. The number of aromatic amines is 1. The molecule has 0 spiro atoms. The largest absolute Gasteiger partial charge is 0.333 e. The van der Waals surface area contributed by atoms with Gasteiger partial charge >= 0.3 is 0 Å². The molecule has 0 aliphatic carbocycles. The molecule has 3 aromatic rings. The molecule has 8 nitrogen and oxygen atoms in total. The van der Waals surface area contributed by atoms with Gasteiger partial charge in [0.2, 0.25) is 5.82 Å². The third-order valence-corrected chi connectivity index (χ3v) is 4.48. The third kappa shape index (κ3) is 2.65. The van der Waals surface area contributed by atoms with E-state index >= 15 is 0 Å². The Labute approximate surface area is 139 Å². The van der Waals surface area contributed by atoms with Crippen LogP contribution in [0.5, 0.6) is 0 Å². The number of fused-ring (bicyclic) bond motifs is 1. The molecule has 0 unspecified atom stereocenters. The van der Waals surface area contributed by atoms with E-state index in [1.54, 1.807) is 0 Å². The lowest BCUT2D eigenvalue weighted by Gasteiger charge is -2.34. The Morgan fingerprint density at radius 3 is 2.83 bits per heavy atom. The number of hydrogen-bond donors (Lipinski definition) is 1. The molecule has 0 bridgehead atoms. The van der Waals surface area contributed by atoms with Gasteiger partial charge < -0.3 is 9.30 Å². The fourth-order valence-corrected chi connectivity index (χ4v) is 3.13. The van der Waals surface area contributed by atoms with Crippen molar-refractivity contribution >= 4 is 11.6 Å². The molecule has 0 atom stereocenters. The highest BCUT2D eigenvalue weighted by Crippen LogP contribution is 2.15. The lowest BCUT2D eigenvalue weighted by molar-refractivity contribution is 0.0615. The number of rotatable bonds is 3. The van der Waals surface area contributed by atoms with Gasteiger partial charge in [0.1, 0.15) is 12.0 Å². The van der Waals surface area contributed by atoms with Crippen LogP contribution in [0.1, 0.15) is 22.0 Å². The van der Waals surface area contributed by atoms with Gasteiger partial charge in [-0.05, 0) is 19.1 Å². The number of imidazole rings is 1. The Morgan fingerprint density at radius 2 is 2.08 bits per heavy atom. The number of pyridine rings is 1. The first kappa shape index (κ1) is 14.8. The molecular weight excluding hydrogens is 306 g/mol. The van der Waals surface area contributed by atoms with Crippen molar-refractivity contribution in [1.82, 2.24) is 34.4 Å². The number of carbonyl (C=O) groups excluding carboxylic acids is 1. The average Bonchev–Trinajstić information content (AvgIpc) is 3.24. The molecule has 124 valence electrons. The minimum atomic E-state index is -0.0851. The zero-order chi connectivity index (χ0) is 16.5. The molecular formula is C16H19N7O. The molecule has 3 aromatic heterocycles. The minimum absolute atomic E-state index is 0.0851. The predicted molar refractivity (Wildman–Crippen MR) is 87.5 cm³/mol. The lowest BCUT2D eigenvalue weighted by Crippen LogP contribution is -2.48. The van der Waals surface area contributed by atoms with Gasteiger partial charge in [-0.1, -0.05) is 6.07 Å². The monoisotopic (exact) mass is 325 g/mol. The van der Waals surface area contributed by atoms with Gasteiger partial charge in [-0.2, -0.15) is 5.10 Å². The summed E-state index contributed by atoms with van der Waals surface area (Å²) in [5.74, 6) is 0.221. The van der Waals surface area contributed by atoms with Gasteiger partial charge in [-0.25, -0.2) is 9.97 Å². The van der Waals surface area contributed by atoms with Crippen LogP contribution in [0.25, 0.3) is 5.65 Å². The quantitative estimate of drug-likeness (QED) is 0.767. The Morgan fingerprint density at radius 1 is 1.25 bits per heavy atom. The molecule has 1 aliphatic heterocycles. The van der Waals surface area contributed by atoms with E-state index in [9.17, 15) is 4.79 Å². The van der Waals surface area contributed by atoms with Crippen LogP contribution in [0.3, 0.4) is 0 Å². The topological polar surface area (TPSA) is 82.4 Å². The molecule has 1 amide bonds. The van der Waals surface area contributed by atoms with Gasteiger partial charge in [0.15, 0.2) is 0 Å². The van der Waals surface area contributed by atoms with E-state index in [1.807, 2.05) is 36.2 Å². The van der Waals surface area contributed by atoms with Crippen molar-refractivity contribution in [2.75, 3.05) is 26.2 Å². The number of hydrogen-bond acceptors (Lipinski definition) is 5. The molecule has 1 fully saturated rings. The Kier molecular flexibility index (Phi) is 3.73. The summed E-state index contributed by atoms with van der Waals surface area (Å²) in [6.45, 7) is 5.93. The number of piperazine rings is 1. The number of aryl methyl sites for hydroxylation is 1. The van der Waals surface area contributed by atoms with Gasteiger partial charge in [0.25, 0.3) is 5.91 Å². The van der Waals surface area contributed by atoms with Crippen LogP contribution in [0, 0.1) is 6.92 Å². The first-order valence-electron chi connectivity index (χ1n) is 8.02. The standard InChI is InChI=1S/C16H19N7O/c1-12-13(23-5-3-2-4-14(23)19-12)10-21-6-8-22(9-7-21)16(24)15-17-11-18-20-15/h2-5,11H,6-10H2,1H3,(H,17,18,20). The summed E-state index contributed by atoms with van der Waals surface area (Å²) < 4.78 is 2.14. The highest BCUT2D eigenvalue weighted by Gasteiger charge is 2.24. The van der Waals surface area contributed by atoms with E-state index in [-0.39, 0.29) is 5.91 Å². The van der Waals surface area contributed by atoms with Crippen molar-refractivity contribution in [3.63, 3.8) is 0 Å². The van der Waals surface area contributed by atoms with Crippen molar-refractivity contribution in [1.29, 1.82) is 0 Å². The molecule has 1 aliphatic rings. The third-order valence-electron chi connectivity index (χ3n) is 4.48. The van der Waals surface area contributed by atoms with Gasteiger partial charge in [-0.3, -0.25) is 14.8 Å². The van der Waals surface area contributed by atoms with E-state index in [1.165, 1.54) is 12.0 Å². The second kappa shape index (κ2) is 6.04. The lowest BCUT2D eigenvalue weighted by atomic mass is 10.2. The highest BCUT2D eigenvalue weighted by molar-refractivity contribution is 5.90. The number of aromatic nitrogens is 5. The van der Waals surface area contributed by atoms with Crippen molar-refractivity contribution < 1.29 is 4.79 Å². The van der Waals surface area contributed by atoms with E-state index < -0.39 is 0 Å². The minimum Gasteiger partial charge on any atom is -0.333 e. The van der Waals surface area contributed by atoms with Gasteiger partial charge in [0, 0.05) is 38.9 Å². The van der Waals surface area contributed by atoms with Gasteiger partial charge in [-0.15, -0.1) is 0 Å². The smallest absolute Gasteiger partial charge is 0.291 e. The predicted octanol–water partition coefficient (Wildman–Crippen LogP) is 0.719. The summed E-state index contributed by atoms with van der Waals surface area (Å²) in [4.78, 5) is 25.0. The Balaban J connectivity index is 1.43. The normalized spacial score (nSPS) is 16.0. The summed E-state index contributed by atoms with van der Waals surface area (Å²) in [5.41, 5.74) is 3.24. The molecule has 4 heterocycles. The molecule has 1 saturated heterocycles. The Bertz CT molecular complexity index is 847. The number of nitrogens with one attached hydrogen (secondary N) is 1. The first-order valence-corrected chi connectivity index (χ1v) is 8.02. The molecule has 0 aromatic carbocycles. The fraction of sp³-hybridized carbons (Fsp3) is 0.375. The maximum Gasteiger partial charge on any atom is 0.291 e. The number of nitrogens with zero attached hydrogens (tertiary/aromatic N) is 6. The van der Waals surface area contributed by atoms with Crippen LogP contribution in [0.2, 0.25) is 0 Å². The number of amides is 1.